The maximum atomic E-state index is 13.3. The highest BCUT2D eigenvalue weighted by Gasteiger charge is 2.30. The zero-order valence-electron chi connectivity index (χ0n) is 14.9. The van der Waals surface area contributed by atoms with Gasteiger partial charge in [-0.3, -0.25) is 4.79 Å². The van der Waals surface area contributed by atoms with Crippen molar-refractivity contribution in [3.63, 3.8) is 0 Å². The summed E-state index contributed by atoms with van der Waals surface area (Å²) in [5, 5.41) is 6.76. The van der Waals surface area contributed by atoms with E-state index in [1.807, 2.05) is 52.0 Å². The van der Waals surface area contributed by atoms with Crippen molar-refractivity contribution in [2.45, 2.75) is 39.0 Å². The Labute approximate surface area is 146 Å². The summed E-state index contributed by atoms with van der Waals surface area (Å²) in [6, 6.07) is 7.66. The average molecular weight is 350 g/mol. The predicted octanol–water partition coefficient (Wildman–Crippen LogP) is 2.80. The summed E-state index contributed by atoms with van der Waals surface area (Å²) in [6.45, 7) is 6.11. The summed E-state index contributed by atoms with van der Waals surface area (Å²) in [4.78, 5) is 12.4. The van der Waals surface area contributed by atoms with Crippen LogP contribution in [0.25, 0.3) is 5.69 Å². The molecule has 1 aromatic heterocycles. The normalized spacial score (nSPS) is 12.3. The molecular weight excluding hydrogens is 326 g/mol. The molecule has 0 atom stereocenters. The number of aromatic nitrogens is 2. The predicted molar refractivity (Wildman–Crippen MR) is 93.3 cm³/mol. The minimum absolute atomic E-state index is 0.279. The molecule has 2 aromatic rings. The first-order chi connectivity index (χ1) is 11.5. The fourth-order valence-electron chi connectivity index (χ4n) is 2.30. The number of benzene rings is 1. The Bertz CT molecular complexity index is 745. The number of carbonyl (C=O) groups is 1. The van der Waals surface area contributed by atoms with E-state index in [4.69, 9.17) is 5.73 Å². The molecule has 0 aliphatic rings. The summed E-state index contributed by atoms with van der Waals surface area (Å²) in [5.74, 6) is -3.72. The second-order valence-electron chi connectivity index (χ2n) is 7.16. The van der Waals surface area contributed by atoms with Crippen LogP contribution >= 0.6 is 0 Å². The van der Waals surface area contributed by atoms with Crippen LogP contribution in [0.5, 0.6) is 0 Å². The van der Waals surface area contributed by atoms with Crippen molar-refractivity contribution in [2.75, 3.05) is 13.1 Å². The van der Waals surface area contributed by atoms with Gasteiger partial charge in [-0.15, -0.1) is 0 Å². The highest BCUT2D eigenvalue weighted by Crippen LogP contribution is 2.26. The Hall–Kier alpha value is -2.28. The first-order valence-corrected chi connectivity index (χ1v) is 8.07. The van der Waals surface area contributed by atoms with Gasteiger partial charge in [0, 0.05) is 11.6 Å². The molecule has 0 bridgehead atoms. The van der Waals surface area contributed by atoms with Gasteiger partial charge < -0.3 is 11.1 Å². The minimum atomic E-state index is -3.13. The van der Waals surface area contributed by atoms with Gasteiger partial charge in [0.2, 0.25) is 0 Å². The van der Waals surface area contributed by atoms with Gasteiger partial charge in [-0.1, -0.05) is 38.5 Å². The lowest BCUT2D eigenvalue weighted by molar-refractivity contribution is 0.0118. The third-order valence-corrected chi connectivity index (χ3v) is 3.77. The van der Waals surface area contributed by atoms with Crippen LogP contribution in [-0.4, -0.2) is 34.7 Å². The van der Waals surface area contributed by atoms with Crippen molar-refractivity contribution in [3.05, 3.63) is 47.3 Å². The lowest BCUT2D eigenvalue weighted by Gasteiger charge is -2.18. The lowest BCUT2D eigenvalue weighted by Crippen LogP contribution is -2.41. The number of amides is 1. The molecule has 0 spiro atoms. The third kappa shape index (κ3) is 4.63. The number of rotatable bonds is 5. The lowest BCUT2D eigenvalue weighted by atomic mass is 9.89. The zero-order chi connectivity index (χ0) is 18.8. The highest BCUT2D eigenvalue weighted by molar-refractivity contribution is 5.95. The first kappa shape index (κ1) is 19.1. The Morgan fingerprint density at radius 3 is 2.36 bits per heavy atom. The number of halogens is 2. The van der Waals surface area contributed by atoms with Crippen molar-refractivity contribution < 1.29 is 13.6 Å². The van der Waals surface area contributed by atoms with Crippen molar-refractivity contribution in [1.29, 1.82) is 0 Å². The molecule has 0 aliphatic carbocycles. The van der Waals surface area contributed by atoms with E-state index in [-0.39, 0.29) is 5.56 Å². The van der Waals surface area contributed by atoms with Gasteiger partial charge in [0.05, 0.1) is 30.0 Å². The van der Waals surface area contributed by atoms with Gasteiger partial charge in [0.15, 0.2) is 0 Å². The molecule has 136 valence electrons. The van der Waals surface area contributed by atoms with Gasteiger partial charge in [0.1, 0.15) is 0 Å². The number of hydrogen-bond donors (Lipinski definition) is 2. The SMILES string of the molecule is Cc1ccc(-n2cc(C(=O)NCC(F)(F)CN)c(C(C)(C)C)n2)cc1. The molecule has 0 saturated heterocycles. The van der Waals surface area contributed by atoms with Gasteiger partial charge >= 0.3 is 0 Å². The Balaban J connectivity index is 2.36. The van der Waals surface area contributed by atoms with E-state index in [1.165, 1.54) is 0 Å². The van der Waals surface area contributed by atoms with E-state index in [0.717, 1.165) is 11.3 Å². The number of alkyl halides is 2. The summed E-state index contributed by atoms with van der Waals surface area (Å²) in [5.41, 5.74) is 7.31. The van der Waals surface area contributed by atoms with Crippen LogP contribution < -0.4 is 11.1 Å². The molecule has 1 heterocycles. The highest BCUT2D eigenvalue weighted by atomic mass is 19.3. The summed E-state index contributed by atoms with van der Waals surface area (Å²) in [6.07, 6.45) is 1.57. The standard InChI is InChI=1S/C18H24F2N4O/c1-12-5-7-13(8-6-12)24-9-14(15(23-24)17(2,3)4)16(25)22-11-18(19,20)10-21/h5-9H,10-11,21H2,1-4H3,(H,22,25). The number of aryl methyl sites for hydroxylation is 1. The van der Waals surface area contributed by atoms with Crippen molar-refractivity contribution in [3.8, 4) is 5.69 Å². The fraction of sp³-hybridized carbons (Fsp3) is 0.444. The van der Waals surface area contributed by atoms with E-state index in [0.29, 0.717) is 5.69 Å². The van der Waals surface area contributed by atoms with Crippen LogP contribution in [0.1, 0.15) is 42.4 Å². The molecule has 0 aliphatic heterocycles. The average Bonchev–Trinajstić information content (AvgIpc) is 2.99. The number of carbonyl (C=O) groups excluding carboxylic acids is 1. The number of nitrogens with zero attached hydrogens (tertiary/aromatic N) is 2. The molecule has 1 amide bonds. The molecule has 0 radical (unpaired) electrons. The topological polar surface area (TPSA) is 72.9 Å². The van der Waals surface area contributed by atoms with E-state index in [9.17, 15) is 13.6 Å². The second kappa shape index (κ2) is 6.92. The minimum Gasteiger partial charge on any atom is -0.346 e. The summed E-state index contributed by atoms with van der Waals surface area (Å²) < 4.78 is 28.2. The molecule has 25 heavy (non-hydrogen) atoms. The van der Waals surface area contributed by atoms with Crippen LogP contribution in [0.4, 0.5) is 8.78 Å². The Morgan fingerprint density at radius 1 is 1.24 bits per heavy atom. The van der Waals surface area contributed by atoms with Gasteiger partial charge in [-0.2, -0.15) is 5.10 Å². The molecule has 2 rings (SSSR count). The maximum Gasteiger partial charge on any atom is 0.277 e. The van der Waals surface area contributed by atoms with Crippen LogP contribution in [0, 0.1) is 6.92 Å². The number of nitrogens with one attached hydrogen (secondary N) is 1. The fourth-order valence-corrected chi connectivity index (χ4v) is 2.30. The smallest absolute Gasteiger partial charge is 0.277 e. The van der Waals surface area contributed by atoms with E-state index >= 15 is 0 Å². The van der Waals surface area contributed by atoms with Crippen LogP contribution in [0.2, 0.25) is 0 Å². The largest absolute Gasteiger partial charge is 0.346 e. The van der Waals surface area contributed by atoms with Crippen LogP contribution in [-0.2, 0) is 5.41 Å². The van der Waals surface area contributed by atoms with Gasteiger partial charge in [-0.05, 0) is 19.1 Å². The van der Waals surface area contributed by atoms with Crippen molar-refractivity contribution in [1.82, 2.24) is 15.1 Å². The Morgan fingerprint density at radius 2 is 1.84 bits per heavy atom. The molecule has 1 aromatic carbocycles. The molecule has 3 N–H and O–H groups in total. The Kier molecular flexibility index (Phi) is 5.27. The quantitative estimate of drug-likeness (QED) is 0.871. The van der Waals surface area contributed by atoms with E-state index in [2.05, 4.69) is 10.4 Å². The van der Waals surface area contributed by atoms with E-state index in [1.54, 1.807) is 10.9 Å². The molecule has 5 nitrogen and oxygen atoms in total. The van der Waals surface area contributed by atoms with Crippen molar-refractivity contribution >= 4 is 5.91 Å². The third-order valence-electron chi connectivity index (χ3n) is 3.77. The number of nitrogens with two attached hydrogens (primary N) is 1. The summed E-state index contributed by atoms with van der Waals surface area (Å²) in [7, 11) is 0. The molecule has 0 saturated carbocycles. The van der Waals surface area contributed by atoms with Gasteiger partial charge in [0.25, 0.3) is 11.8 Å². The van der Waals surface area contributed by atoms with Crippen LogP contribution in [0.15, 0.2) is 30.5 Å². The number of hydrogen-bond acceptors (Lipinski definition) is 3. The molecular formula is C18H24F2N4O. The monoisotopic (exact) mass is 350 g/mol. The maximum absolute atomic E-state index is 13.3. The second-order valence-corrected chi connectivity index (χ2v) is 7.16. The zero-order valence-corrected chi connectivity index (χ0v) is 14.9. The molecule has 0 unspecified atom stereocenters. The van der Waals surface area contributed by atoms with Crippen molar-refractivity contribution in [2.24, 2.45) is 5.73 Å². The molecule has 7 heteroatoms. The van der Waals surface area contributed by atoms with Crippen LogP contribution in [0.3, 0.4) is 0 Å². The first-order valence-electron chi connectivity index (χ1n) is 8.07. The van der Waals surface area contributed by atoms with E-state index < -0.39 is 30.3 Å². The van der Waals surface area contributed by atoms with Gasteiger partial charge in [-0.25, -0.2) is 13.5 Å². The molecule has 0 fully saturated rings. The summed E-state index contributed by atoms with van der Waals surface area (Å²) >= 11 is 0.